The van der Waals surface area contributed by atoms with Crippen LogP contribution in [0.3, 0.4) is 0 Å². The van der Waals surface area contributed by atoms with Crippen LogP contribution in [0.15, 0.2) is 24.3 Å². The van der Waals surface area contributed by atoms with Gasteiger partial charge in [-0.2, -0.15) is 0 Å². The van der Waals surface area contributed by atoms with E-state index >= 15 is 0 Å². The number of hydrogen-bond donors (Lipinski definition) is 2. The predicted molar refractivity (Wildman–Crippen MR) is 75.2 cm³/mol. The molecule has 0 bridgehead atoms. The molecule has 0 aromatic heterocycles. The minimum absolute atomic E-state index is 0.00640. The Morgan fingerprint density at radius 1 is 1.40 bits per heavy atom. The minimum Gasteiger partial charge on any atom is -0.399 e. The van der Waals surface area contributed by atoms with E-state index in [0.29, 0.717) is 31.0 Å². The number of nitrogens with one attached hydrogen (secondary N) is 1. The number of carbonyl (C=O) groups excluding carboxylic acids is 2. The second-order valence-corrected chi connectivity index (χ2v) is 4.82. The van der Waals surface area contributed by atoms with Crippen molar-refractivity contribution in [2.24, 2.45) is 0 Å². The first-order valence-electron chi connectivity index (χ1n) is 6.59. The summed E-state index contributed by atoms with van der Waals surface area (Å²) in [6.45, 7) is 3.57. The molecule has 1 saturated heterocycles. The van der Waals surface area contributed by atoms with Crippen molar-refractivity contribution in [2.75, 3.05) is 32.0 Å². The Morgan fingerprint density at radius 2 is 2.10 bits per heavy atom. The lowest BCUT2D eigenvalue weighted by Crippen LogP contribution is -2.50. The van der Waals surface area contributed by atoms with Gasteiger partial charge in [0.2, 0.25) is 5.91 Å². The first-order chi connectivity index (χ1) is 9.58. The Balaban J connectivity index is 1.86. The van der Waals surface area contributed by atoms with Gasteiger partial charge in [0.05, 0.1) is 25.8 Å². The third-order valence-corrected chi connectivity index (χ3v) is 3.26. The molecule has 6 nitrogen and oxygen atoms in total. The number of anilines is 1. The molecule has 1 heterocycles. The van der Waals surface area contributed by atoms with Gasteiger partial charge in [0.15, 0.2) is 0 Å². The van der Waals surface area contributed by atoms with Crippen LogP contribution in [-0.4, -0.2) is 49.1 Å². The number of nitrogens with zero attached hydrogens (tertiary/aromatic N) is 1. The summed E-state index contributed by atoms with van der Waals surface area (Å²) < 4.78 is 5.28. The van der Waals surface area contributed by atoms with E-state index in [0.717, 1.165) is 0 Å². The molecule has 108 valence electrons. The van der Waals surface area contributed by atoms with Gasteiger partial charge in [-0.05, 0) is 31.2 Å². The Morgan fingerprint density at radius 3 is 2.75 bits per heavy atom. The lowest BCUT2D eigenvalue weighted by Gasteiger charge is -2.33. The van der Waals surface area contributed by atoms with Crippen LogP contribution in [0.4, 0.5) is 5.69 Å². The molecule has 1 aliphatic rings. The molecule has 0 aliphatic carbocycles. The fourth-order valence-corrected chi connectivity index (χ4v) is 2.09. The topological polar surface area (TPSA) is 84.7 Å². The summed E-state index contributed by atoms with van der Waals surface area (Å²) in [7, 11) is 0. The number of hydrogen-bond acceptors (Lipinski definition) is 4. The Hall–Kier alpha value is -2.08. The molecule has 2 amide bonds. The quantitative estimate of drug-likeness (QED) is 0.775. The van der Waals surface area contributed by atoms with Crippen LogP contribution >= 0.6 is 0 Å². The predicted octanol–water partition coefficient (Wildman–Crippen LogP) is 0.246. The molecule has 0 spiro atoms. The van der Waals surface area contributed by atoms with Gasteiger partial charge >= 0.3 is 0 Å². The standard InChI is InChI=1S/C14H19N3O3/c1-10-9-20-7-6-17(10)13(18)8-16-14(19)11-2-4-12(15)5-3-11/h2-5,10H,6-9,15H2,1H3,(H,16,19). The molecule has 1 aliphatic heterocycles. The first-order valence-corrected chi connectivity index (χ1v) is 6.59. The molecule has 0 saturated carbocycles. The van der Waals surface area contributed by atoms with E-state index in [2.05, 4.69) is 5.32 Å². The van der Waals surface area contributed by atoms with Crippen molar-refractivity contribution in [2.45, 2.75) is 13.0 Å². The van der Waals surface area contributed by atoms with Crippen molar-refractivity contribution in [3.8, 4) is 0 Å². The maximum absolute atomic E-state index is 12.0. The van der Waals surface area contributed by atoms with Crippen LogP contribution in [0, 0.1) is 0 Å². The molecule has 0 radical (unpaired) electrons. The van der Waals surface area contributed by atoms with Crippen LogP contribution in [0.25, 0.3) is 0 Å². The number of nitrogens with two attached hydrogens (primary N) is 1. The summed E-state index contributed by atoms with van der Waals surface area (Å²) in [5.74, 6) is -0.371. The second-order valence-electron chi connectivity index (χ2n) is 4.82. The van der Waals surface area contributed by atoms with Gasteiger partial charge in [-0.3, -0.25) is 9.59 Å². The van der Waals surface area contributed by atoms with E-state index < -0.39 is 0 Å². The lowest BCUT2D eigenvalue weighted by atomic mass is 10.2. The average Bonchev–Trinajstić information content (AvgIpc) is 2.45. The fraction of sp³-hybridized carbons (Fsp3) is 0.429. The molecule has 1 unspecified atom stereocenters. The SMILES string of the molecule is CC1COCCN1C(=O)CNC(=O)c1ccc(N)cc1. The second kappa shape index (κ2) is 6.38. The monoisotopic (exact) mass is 277 g/mol. The summed E-state index contributed by atoms with van der Waals surface area (Å²) in [6.07, 6.45) is 0. The van der Waals surface area contributed by atoms with Gasteiger partial charge < -0.3 is 20.7 Å². The van der Waals surface area contributed by atoms with Crippen molar-refractivity contribution in [1.29, 1.82) is 0 Å². The number of rotatable bonds is 3. The largest absolute Gasteiger partial charge is 0.399 e. The average molecular weight is 277 g/mol. The van der Waals surface area contributed by atoms with Crippen LogP contribution in [0.5, 0.6) is 0 Å². The number of ether oxygens (including phenoxy) is 1. The third kappa shape index (κ3) is 3.48. The van der Waals surface area contributed by atoms with Gasteiger partial charge in [0.25, 0.3) is 5.91 Å². The molecular weight excluding hydrogens is 258 g/mol. The maximum Gasteiger partial charge on any atom is 0.251 e. The number of benzene rings is 1. The van der Waals surface area contributed by atoms with Crippen molar-refractivity contribution in [1.82, 2.24) is 10.2 Å². The van der Waals surface area contributed by atoms with E-state index in [4.69, 9.17) is 10.5 Å². The molecule has 20 heavy (non-hydrogen) atoms. The highest BCUT2D eigenvalue weighted by atomic mass is 16.5. The van der Waals surface area contributed by atoms with Crippen molar-refractivity contribution < 1.29 is 14.3 Å². The van der Waals surface area contributed by atoms with Gasteiger partial charge in [-0.25, -0.2) is 0 Å². The summed E-state index contributed by atoms with van der Waals surface area (Å²) in [5, 5.41) is 2.62. The number of carbonyl (C=O) groups is 2. The van der Waals surface area contributed by atoms with E-state index in [9.17, 15) is 9.59 Å². The van der Waals surface area contributed by atoms with Crippen molar-refractivity contribution in [3.05, 3.63) is 29.8 Å². The van der Waals surface area contributed by atoms with Gasteiger partial charge in [0.1, 0.15) is 0 Å². The Kier molecular flexibility index (Phi) is 4.57. The summed E-state index contributed by atoms with van der Waals surface area (Å²) in [6, 6.07) is 6.62. The Bertz CT molecular complexity index is 487. The first kappa shape index (κ1) is 14.3. The molecule has 1 fully saturated rings. The third-order valence-electron chi connectivity index (χ3n) is 3.26. The Labute approximate surface area is 117 Å². The highest BCUT2D eigenvalue weighted by Gasteiger charge is 2.23. The summed E-state index contributed by atoms with van der Waals surface area (Å²) >= 11 is 0. The number of nitrogen functional groups attached to an aromatic ring is 1. The normalized spacial score (nSPS) is 18.6. The molecule has 1 aromatic carbocycles. The van der Waals surface area contributed by atoms with Crippen LogP contribution < -0.4 is 11.1 Å². The maximum atomic E-state index is 12.0. The van der Waals surface area contributed by atoms with E-state index in [1.165, 1.54) is 0 Å². The highest BCUT2D eigenvalue weighted by Crippen LogP contribution is 2.07. The molecule has 2 rings (SSSR count). The smallest absolute Gasteiger partial charge is 0.251 e. The molecular formula is C14H19N3O3. The van der Waals surface area contributed by atoms with Crippen LogP contribution in [0.2, 0.25) is 0 Å². The van der Waals surface area contributed by atoms with E-state index in [1.54, 1.807) is 29.2 Å². The molecule has 1 aromatic rings. The van der Waals surface area contributed by atoms with Crippen molar-refractivity contribution >= 4 is 17.5 Å². The zero-order valence-electron chi connectivity index (χ0n) is 11.5. The number of morpholine rings is 1. The number of amides is 2. The fourth-order valence-electron chi connectivity index (χ4n) is 2.09. The van der Waals surface area contributed by atoms with E-state index in [-0.39, 0.29) is 24.4 Å². The van der Waals surface area contributed by atoms with Gasteiger partial charge in [0, 0.05) is 17.8 Å². The lowest BCUT2D eigenvalue weighted by molar-refractivity contribution is -0.137. The zero-order chi connectivity index (χ0) is 14.5. The summed E-state index contributed by atoms with van der Waals surface area (Å²) in [5.41, 5.74) is 6.64. The zero-order valence-corrected chi connectivity index (χ0v) is 11.5. The summed E-state index contributed by atoms with van der Waals surface area (Å²) in [4.78, 5) is 25.6. The molecule has 3 N–H and O–H groups in total. The van der Waals surface area contributed by atoms with Gasteiger partial charge in [-0.1, -0.05) is 0 Å². The van der Waals surface area contributed by atoms with Crippen LogP contribution in [0.1, 0.15) is 17.3 Å². The molecule has 6 heteroatoms. The highest BCUT2D eigenvalue weighted by molar-refractivity contribution is 5.96. The van der Waals surface area contributed by atoms with E-state index in [1.807, 2.05) is 6.92 Å². The molecule has 1 atom stereocenters. The minimum atomic E-state index is -0.278. The van der Waals surface area contributed by atoms with Crippen molar-refractivity contribution in [3.63, 3.8) is 0 Å². The van der Waals surface area contributed by atoms with Crippen LogP contribution in [-0.2, 0) is 9.53 Å². The van der Waals surface area contributed by atoms with Gasteiger partial charge in [-0.15, -0.1) is 0 Å².